The van der Waals surface area contributed by atoms with Crippen molar-refractivity contribution in [1.29, 1.82) is 0 Å². The number of aromatic nitrogens is 3. The fraction of sp³-hybridized carbons (Fsp3) is 0.250. The number of thiophene rings is 1. The summed E-state index contributed by atoms with van der Waals surface area (Å²) in [5.41, 5.74) is 0.0871. The number of hydrogen-bond acceptors (Lipinski definition) is 4. The fourth-order valence-corrected chi connectivity index (χ4v) is 3.28. The quantitative estimate of drug-likeness (QED) is 0.768. The Morgan fingerprint density at radius 1 is 1.42 bits per heavy atom. The van der Waals surface area contributed by atoms with Gasteiger partial charge >= 0.3 is 5.97 Å². The summed E-state index contributed by atoms with van der Waals surface area (Å²) in [4.78, 5) is 25.1. The van der Waals surface area contributed by atoms with E-state index in [9.17, 15) is 9.59 Å². The Kier molecular flexibility index (Phi) is 2.46. The van der Waals surface area contributed by atoms with E-state index in [4.69, 9.17) is 5.11 Å². The predicted molar refractivity (Wildman–Crippen MR) is 71.9 cm³/mol. The maximum Gasteiger partial charge on any atom is 0.325 e. The highest BCUT2D eigenvalue weighted by Crippen LogP contribution is 2.27. The van der Waals surface area contributed by atoms with Crippen LogP contribution in [0.3, 0.4) is 0 Å². The van der Waals surface area contributed by atoms with Gasteiger partial charge in [0, 0.05) is 10.3 Å². The summed E-state index contributed by atoms with van der Waals surface area (Å²) in [6, 6.07) is 3.79. The monoisotopic (exact) mass is 277 g/mol. The van der Waals surface area contributed by atoms with Gasteiger partial charge in [0.1, 0.15) is 22.7 Å². The number of carboxylic acids is 1. The van der Waals surface area contributed by atoms with E-state index in [-0.39, 0.29) is 5.56 Å². The Morgan fingerprint density at radius 3 is 2.84 bits per heavy atom. The first-order valence-corrected chi connectivity index (χ1v) is 6.50. The van der Waals surface area contributed by atoms with Gasteiger partial charge in [-0.3, -0.25) is 14.0 Å². The van der Waals surface area contributed by atoms with Gasteiger partial charge in [0.2, 0.25) is 0 Å². The summed E-state index contributed by atoms with van der Waals surface area (Å²) in [5.74, 6) is -0.477. The number of fused-ring (bicyclic) bond motifs is 3. The Balaban J connectivity index is 2.40. The molecule has 0 amide bonds. The van der Waals surface area contributed by atoms with Crippen molar-refractivity contribution in [2.45, 2.75) is 20.4 Å². The van der Waals surface area contributed by atoms with Crippen molar-refractivity contribution >= 4 is 33.0 Å². The summed E-state index contributed by atoms with van der Waals surface area (Å²) in [6.07, 6.45) is 0. The maximum absolute atomic E-state index is 12.2. The third kappa shape index (κ3) is 1.74. The molecule has 0 unspecified atom stereocenters. The first-order valence-electron chi connectivity index (χ1n) is 5.68. The molecule has 7 heteroatoms. The van der Waals surface area contributed by atoms with Crippen LogP contribution in [0.25, 0.3) is 15.7 Å². The molecule has 0 aliphatic heterocycles. The SMILES string of the molecule is Cc1cc2cc3c(=O)n(CC(=O)O)nc(C)n3c2s1. The topological polar surface area (TPSA) is 76.6 Å². The van der Waals surface area contributed by atoms with E-state index >= 15 is 0 Å². The Bertz CT molecular complexity index is 872. The van der Waals surface area contributed by atoms with Crippen LogP contribution in [0.2, 0.25) is 0 Å². The molecule has 0 spiro atoms. The molecule has 0 radical (unpaired) electrons. The molecule has 0 aliphatic carbocycles. The smallest absolute Gasteiger partial charge is 0.325 e. The molecular weight excluding hydrogens is 266 g/mol. The number of rotatable bonds is 2. The molecule has 0 fully saturated rings. The van der Waals surface area contributed by atoms with E-state index in [2.05, 4.69) is 5.10 Å². The summed E-state index contributed by atoms with van der Waals surface area (Å²) in [7, 11) is 0. The van der Waals surface area contributed by atoms with E-state index in [0.717, 1.165) is 19.8 Å². The van der Waals surface area contributed by atoms with E-state index in [0.29, 0.717) is 11.3 Å². The third-order valence-corrected chi connectivity index (χ3v) is 3.98. The molecule has 6 nitrogen and oxygen atoms in total. The van der Waals surface area contributed by atoms with Gasteiger partial charge in [0.25, 0.3) is 5.56 Å². The number of nitrogens with zero attached hydrogens (tertiary/aromatic N) is 3. The van der Waals surface area contributed by atoms with Gasteiger partial charge in [-0.05, 0) is 26.0 Å². The molecule has 0 aromatic carbocycles. The average molecular weight is 277 g/mol. The van der Waals surface area contributed by atoms with E-state index in [1.807, 2.05) is 13.0 Å². The molecule has 3 aromatic heterocycles. The van der Waals surface area contributed by atoms with Crippen molar-refractivity contribution in [3.8, 4) is 0 Å². The van der Waals surface area contributed by atoms with Crippen molar-refractivity contribution in [2.75, 3.05) is 0 Å². The molecule has 0 saturated heterocycles. The van der Waals surface area contributed by atoms with Gasteiger partial charge in [0.15, 0.2) is 0 Å². The molecule has 1 N–H and O–H groups in total. The predicted octanol–water partition coefficient (Wildman–Crippen LogP) is 1.41. The highest BCUT2D eigenvalue weighted by molar-refractivity contribution is 7.18. The lowest BCUT2D eigenvalue weighted by Gasteiger charge is -2.05. The van der Waals surface area contributed by atoms with Gasteiger partial charge in [-0.1, -0.05) is 0 Å². The fourth-order valence-electron chi connectivity index (χ4n) is 2.23. The zero-order valence-corrected chi connectivity index (χ0v) is 11.2. The minimum atomic E-state index is -1.08. The number of carboxylic acid groups (broad SMARTS) is 1. The number of hydrogen-bond donors (Lipinski definition) is 1. The van der Waals surface area contributed by atoms with Crippen LogP contribution >= 0.6 is 11.3 Å². The van der Waals surface area contributed by atoms with Crippen LogP contribution in [-0.4, -0.2) is 25.3 Å². The van der Waals surface area contributed by atoms with Crippen molar-refractivity contribution in [1.82, 2.24) is 14.2 Å². The lowest BCUT2D eigenvalue weighted by Crippen LogP contribution is -2.29. The Morgan fingerprint density at radius 2 is 2.16 bits per heavy atom. The molecule has 3 heterocycles. The van der Waals surface area contributed by atoms with Gasteiger partial charge < -0.3 is 5.11 Å². The second kappa shape index (κ2) is 3.92. The first-order chi connectivity index (χ1) is 8.97. The van der Waals surface area contributed by atoms with Crippen LogP contribution in [-0.2, 0) is 11.3 Å². The van der Waals surface area contributed by atoms with Crippen LogP contribution in [0.5, 0.6) is 0 Å². The summed E-state index contributed by atoms with van der Waals surface area (Å²) in [6.45, 7) is 3.35. The van der Waals surface area contributed by atoms with Crippen LogP contribution in [0.15, 0.2) is 16.9 Å². The highest BCUT2D eigenvalue weighted by atomic mass is 32.1. The molecule has 19 heavy (non-hydrogen) atoms. The van der Waals surface area contributed by atoms with Crippen LogP contribution < -0.4 is 5.56 Å². The first kappa shape index (κ1) is 11.9. The minimum Gasteiger partial charge on any atom is -0.480 e. The van der Waals surface area contributed by atoms with E-state index < -0.39 is 12.5 Å². The lowest BCUT2D eigenvalue weighted by atomic mass is 10.3. The summed E-state index contributed by atoms with van der Waals surface area (Å²) >= 11 is 1.59. The van der Waals surface area contributed by atoms with Crippen molar-refractivity contribution < 1.29 is 9.90 Å². The molecule has 0 saturated carbocycles. The van der Waals surface area contributed by atoms with E-state index in [1.165, 1.54) is 0 Å². The summed E-state index contributed by atoms with van der Waals surface area (Å²) < 4.78 is 2.77. The number of aryl methyl sites for hydroxylation is 2. The molecule has 0 aliphatic rings. The summed E-state index contributed by atoms with van der Waals surface area (Å²) in [5, 5.41) is 13.8. The maximum atomic E-state index is 12.2. The number of aliphatic carboxylic acids is 1. The van der Waals surface area contributed by atoms with Gasteiger partial charge in [-0.25, -0.2) is 4.68 Å². The zero-order valence-electron chi connectivity index (χ0n) is 10.4. The van der Waals surface area contributed by atoms with Crippen molar-refractivity contribution in [2.24, 2.45) is 0 Å². The standard InChI is InChI=1S/C12H11N3O3S/c1-6-3-8-4-9-11(18)14(5-10(16)17)13-7(2)15(9)12(8)19-6/h3-4H,5H2,1-2H3,(H,16,17). The second-order valence-electron chi connectivity index (χ2n) is 4.39. The molecule has 98 valence electrons. The van der Waals surface area contributed by atoms with Crippen LogP contribution in [0.1, 0.15) is 10.7 Å². The van der Waals surface area contributed by atoms with E-state index in [1.54, 1.807) is 28.7 Å². The second-order valence-corrected chi connectivity index (χ2v) is 5.62. The normalized spacial score (nSPS) is 11.5. The van der Waals surface area contributed by atoms with Gasteiger partial charge in [-0.2, -0.15) is 5.10 Å². The largest absolute Gasteiger partial charge is 0.480 e. The van der Waals surface area contributed by atoms with Gasteiger partial charge in [0.05, 0.1) is 0 Å². The number of carbonyl (C=O) groups is 1. The van der Waals surface area contributed by atoms with Crippen molar-refractivity contribution in [3.05, 3.63) is 33.2 Å². The van der Waals surface area contributed by atoms with Gasteiger partial charge in [-0.15, -0.1) is 11.3 Å². The molecule has 3 aromatic rings. The molecule has 3 rings (SSSR count). The molecular formula is C12H11N3O3S. The van der Waals surface area contributed by atoms with Crippen LogP contribution in [0, 0.1) is 13.8 Å². The van der Waals surface area contributed by atoms with Crippen molar-refractivity contribution in [3.63, 3.8) is 0 Å². The molecule has 0 bridgehead atoms. The minimum absolute atomic E-state index is 0.381. The third-order valence-electron chi connectivity index (χ3n) is 2.93. The lowest BCUT2D eigenvalue weighted by molar-refractivity contribution is -0.138. The average Bonchev–Trinajstić information content (AvgIpc) is 2.80. The zero-order chi connectivity index (χ0) is 13.7. The van der Waals surface area contributed by atoms with Crippen LogP contribution in [0.4, 0.5) is 0 Å². The highest BCUT2D eigenvalue weighted by Gasteiger charge is 2.14. The molecule has 0 atom stereocenters. The Hall–Kier alpha value is -2.15. The Labute approximate surface area is 111 Å².